The van der Waals surface area contributed by atoms with E-state index in [2.05, 4.69) is 21.2 Å². The molecule has 1 aromatic heterocycles. The number of thioether (sulfide) groups is 1. The molecule has 0 fully saturated rings. The minimum Gasteiger partial charge on any atom is -0.468 e. The molecule has 2 amide bonds. The molecule has 1 N–H and O–H groups in total. The average molecular weight is 469 g/mol. The van der Waals surface area contributed by atoms with Gasteiger partial charge in [-0.15, -0.1) is 11.8 Å². The fraction of sp³-hybridized carbons (Fsp3) is 0.0909. The summed E-state index contributed by atoms with van der Waals surface area (Å²) in [5.74, 6) is 0.573. The molecule has 7 heteroatoms. The molecule has 3 aromatic rings. The molecule has 5 nitrogen and oxygen atoms in total. The van der Waals surface area contributed by atoms with Gasteiger partial charge in [0.15, 0.2) is 0 Å². The van der Waals surface area contributed by atoms with Gasteiger partial charge in [-0.2, -0.15) is 0 Å². The Labute approximate surface area is 180 Å². The van der Waals surface area contributed by atoms with Crippen molar-refractivity contribution < 1.29 is 14.0 Å². The Morgan fingerprint density at radius 1 is 0.966 bits per heavy atom. The van der Waals surface area contributed by atoms with Gasteiger partial charge in [-0.1, -0.05) is 52.3 Å². The second kappa shape index (κ2) is 8.71. The molecule has 29 heavy (non-hydrogen) atoms. The summed E-state index contributed by atoms with van der Waals surface area (Å²) in [6.07, 6.45) is 1.59. The smallest absolute Gasteiger partial charge is 0.278 e. The van der Waals surface area contributed by atoms with Gasteiger partial charge in [-0.3, -0.25) is 14.5 Å². The molecular formula is C22H17BrN2O3S. The van der Waals surface area contributed by atoms with E-state index in [-0.39, 0.29) is 18.4 Å². The highest BCUT2D eigenvalue weighted by Gasteiger charge is 2.39. The van der Waals surface area contributed by atoms with Crippen LogP contribution in [0.2, 0.25) is 0 Å². The van der Waals surface area contributed by atoms with Gasteiger partial charge in [0.1, 0.15) is 16.4 Å². The van der Waals surface area contributed by atoms with Crippen LogP contribution in [0.4, 0.5) is 5.69 Å². The van der Waals surface area contributed by atoms with Crippen LogP contribution in [-0.2, 0) is 21.9 Å². The van der Waals surface area contributed by atoms with E-state index in [9.17, 15) is 9.59 Å². The Bertz CT molecular complexity index is 1060. The van der Waals surface area contributed by atoms with Crippen molar-refractivity contribution in [2.24, 2.45) is 0 Å². The summed E-state index contributed by atoms with van der Waals surface area (Å²) in [4.78, 5) is 27.9. The minimum atomic E-state index is -0.333. The molecule has 1 aliphatic rings. The summed E-state index contributed by atoms with van der Waals surface area (Å²) in [5.41, 5.74) is 1.92. The molecule has 0 saturated carbocycles. The van der Waals surface area contributed by atoms with Crippen molar-refractivity contribution in [1.29, 1.82) is 0 Å². The van der Waals surface area contributed by atoms with Crippen LogP contribution >= 0.6 is 27.7 Å². The first-order chi connectivity index (χ1) is 14.1. The Morgan fingerprint density at radius 3 is 2.52 bits per heavy atom. The van der Waals surface area contributed by atoms with E-state index in [0.29, 0.717) is 16.4 Å². The lowest BCUT2D eigenvalue weighted by Crippen LogP contribution is -2.31. The van der Waals surface area contributed by atoms with Gasteiger partial charge < -0.3 is 9.73 Å². The quantitative estimate of drug-likeness (QED) is 0.484. The largest absolute Gasteiger partial charge is 0.468 e. The molecule has 2 aromatic carbocycles. The van der Waals surface area contributed by atoms with Crippen molar-refractivity contribution in [2.45, 2.75) is 12.3 Å². The molecule has 0 radical (unpaired) electrons. The number of amides is 2. The van der Waals surface area contributed by atoms with Crippen molar-refractivity contribution in [2.75, 3.05) is 5.32 Å². The maximum atomic E-state index is 13.1. The van der Waals surface area contributed by atoms with Gasteiger partial charge in [0.2, 0.25) is 0 Å². The maximum absolute atomic E-state index is 13.1. The van der Waals surface area contributed by atoms with Gasteiger partial charge in [0.05, 0.1) is 18.6 Å². The highest BCUT2D eigenvalue weighted by Crippen LogP contribution is 2.34. The molecule has 4 rings (SSSR count). The third kappa shape index (κ3) is 4.46. The average Bonchev–Trinajstić information content (AvgIpc) is 3.31. The second-order valence-electron chi connectivity index (χ2n) is 6.39. The van der Waals surface area contributed by atoms with Gasteiger partial charge in [0.25, 0.3) is 11.8 Å². The summed E-state index contributed by atoms with van der Waals surface area (Å²) in [7, 11) is 0. The Balaban J connectivity index is 1.62. The van der Waals surface area contributed by atoms with Crippen LogP contribution in [-0.4, -0.2) is 16.7 Å². The number of imide groups is 1. The molecule has 1 aliphatic heterocycles. The van der Waals surface area contributed by atoms with Crippen LogP contribution in [0.25, 0.3) is 0 Å². The third-order valence-corrected chi connectivity index (χ3v) is 5.93. The first-order valence-electron chi connectivity index (χ1n) is 8.94. The fourth-order valence-electron chi connectivity index (χ4n) is 2.96. The first kappa shape index (κ1) is 19.5. The van der Waals surface area contributed by atoms with Crippen LogP contribution in [0, 0.1) is 0 Å². The predicted molar refractivity (Wildman–Crippen MR) is 117 cm³/mol. The number of carbonyl (C=O) groups is 2. The topological polar surface area (TPSA) is 62.6 Å². The number of hydrogen-bond donors (Lipinski definition) is 1. The van der Waals surface area contributed by atoms with Crippen LogP contribution in [0.5, 0.6) is 0 Å². The summed E-state index contributed by atoms with van der Waals surface area (Å²) in [6.45, 7) is 0.229. The number of benzene rings is 2. The number of nitrogens with one attached hydrogen (secondary N) is 1. The van der Waals surface area contributed by atoms with Crippen molar-refractivity contribution in [3.63, 3.8) is 0 Å². The van der Waals surface area contributed by atoms with E-state index in [1.54, 1.807) is 12.3 Å². The Hall–Kier alpha value is -2.77. The number of furan rings is 1. The van der Waals surface area contributed by atoms with Crippen molar-refractivity contribution in [1.82, 2.24) is 4.90 Å². The lowest BCUT2D eigenvalue weighted by molar-refractivity contribution is -0.137. The summed E-state index contributed by atoms with van der Waals surface area (Å²) in [5, 5.41) is 3.14. The van der Waals surface area contributed by atoms with E-state index < -0.39 is 0 Å². The van der Waals surface area contributed by atoms with Gasteiger partial charge in [-0.25, -0.2) is 0 Å². The van der Waals surface area contributed by atoms with Crippen LogP contribution < -0.4 is 5.32 Å². The SMILES string of the molecule is O=C1C(Nc2cccc(Br)c2)=C(SCc2ccco2)C(=O)N1Cc1ccccc1. The van der Waals surface area contributed by atoms with Crippen molar-refractivity contribution >= 4 is 45.2 Å². The van der Waals surface area contributed by atoms with Crippen LogP contribution in [0.15, 0.2) is 92.5 Å². The minimum absolute atomic E-state index is 0.229. The number of hydrogen-bond acceptors (Lipinski definition) is 5. The zero-order valence-electron chi connectivity index (χ0n) is 15.3. The highest BCUT2D eigenvalue weighted by atomic mass is 79.9. The van der Waals surface area contributed by atoms with Gasteiger partial charge in [0, 0.05) is 10.2 Å². The number of nitrogens with zero attached hydrogens (tertiary/aromatic N) is 1. The number of carbonyl (C=O) groups excluding carboxylic acids is 2. The van der Waals surface area contributed by atoms with E-state index in [0.717, 1.165) is 21.5 Å². The summed E-state index contributed by atoms with van der Waals surface area (Å²) < 4.78 is 6.25. The maximum Gasteiger partial charge on any atom is 0.278 e. The Kier molecular flexibility index (Phi) is 5.87. The molecule has 0 atom stereocenters. The normalized spacial score (nSPS) is 14.0. The molecule has 0 spiro atoms. The van der Waals surface area contributed by atoms with Crippen LogP contribution in [0.3, 0.4) is 0 Å². The summed E-state index contributed by atoms with van der Waals surface area (Å²) in [6, 6.07) is 20.6. The van der Waals surface area contributed by atoms with Crippen LogP contribution in [0.1, 0.15) is 11.3 Å². The molecule has 0 unspecified atom stereocenters. The predicted octanol–water partition coefficient (Wildman–Crippen LogP) is 5.17. The first-order valence-corrected chi connectivity index (χ1v) is 10.7. The second-order valence-corrected chi connectivity index (χ2v) is 8.29. The van der Waals surface area contributed by atoms with E-state index in [1.165, 1.54) is 16.7 Å². The molecule has 2 heterocycles. The van der Waals surface area contributed by atoms with Gasteiger partial charge >= 0.3 is 0 Å². The zero-order valence-corrected chi connectivity index (χ0v) is 17.7. The lowest BCUT2D eigenvalue weighted by atomic mass is 10.2. The number of anilines is 1. The molecule has 0 aliphatic carbocycles. The molecular weight excluding hydrogens is 452 g/mol. The standard InChI is InChI=1S/C22H17BrN2O3S/c23-16-8-4-9-17(12-16)24-19-20(29-14-18-10-5-11-28-18)22(27)25(21(19)26)13-15-6-2-1-3-7-15/h1-12,24H,13-14H2. The zero-order chi connectivity index (χ0) is 20.2. The lowest BCUT2D eigenvalue weighted by Gasteiger charge is -2.15. The van der Waals surface area contributed by atoms with Crippen molar-refractivity contribution in [3.05, 3.63) is 99.4 Å². The molecule has 0 bridgehead atoms. The van der Waals surface area contributed by atoms with E-state index in [4.69, 9.17) is 4.42 Å². The molecule has 0 saturated heterocycles. The monoisotopic (exact) mass is 468 g/mol. The third-order valence-electron chi connectivity index (χ3n) is 4.34. The molecule has 146 valence electrons. The van der Waals surface area contributed by atoms with E-state index >= 15 is 0 Å². The van der Waals surface area contributed by atoms with Gasteiger partial charge in [-0.05, 0) is 35.9 Å². The number of halogens is 1. The highest BCUT2D eigenvalue weighted by molar-refractivity contribution is 9.10. The Morgan fingerprint density at radius 2 is 1.79 bits per heavy atom. The van der Waals surface area contributed by atoms with Crippen molar-refractivity contribution in [3.8, 4) is 0 Å². The fourth-order valence-corrected chi connectivity index (χ4v) is 4.32. The summed E-state index contributed by atoms with van der Waals surface area (Å²) >= 11 is 4.73. The number of rotatable bonds is 7. The van der Waals surface area contributed by atoms with E-state index in [1.807, 2.05) is 60.7 Å².